The molecule has 0 unspecified atom stereocenters. The number of hydrogen-bond donors (Lipinski definition) is 1. The van der Waals surface area contributed by atoms with Gasteiger partial charge in [0.25, 0.3) is 0 Å². The van der Waals surface area contributed by atoms with Crippen LogP contribution in [-0.2, 0) is 4.79 Å². The van der Waals surface area contributed by atoms with E-state index in [1.54, 1.807) is 24.3 Å². The summed E-state index contributed by atoms with van der Waals surface area (Å²) >= 11 is 3.39. The van der Waals surface area contributed by atoms with E-state index in [9.17, 15) is 4.79 Å². The minimum Gasteiger partial charge on any atom is -0.354 e. The van der Waals surface area contributed by atoms with Crippen LogP contribution in [0.3, 0.4) is 0 Å². The van der Waals surface area contributed by atoms with Gasteiger partial charge in [0.05, 0.1) is 4.47 Å². The quantitative estimate of drug-likeness (QED) is 0.455. The molecule has 188 valence electrons. The molecule has 2 fully saturated rings. The summed E-state index contributed by atoms with van der Waals surface area (Å²) in [5.41, 5.74) is 2.00. The third-order valence-corrected chi connectivity index (χ3v) is 7.69. The van der Waals surface area contributed by atoms with Crippen LogP contribution in [0, 0.1) is 0 Å². The summed E-state index contributed by atoms with van der Waals surface area (Å²) in [4.78, 5) is 32.6. The number of carbonyl (C=O) groups is 1. The Balaban J connectivity index is 1.47. The predicted octanol–water partition coefficient (Wildman–Crippen LogP) is 4.44. The van der Waals surface area contributed by atoms with Crippen molar-refractivity contribution in [3.8, 4) is 0 Å². The molecule has 3 aromatic rings. The molecular weight excluding hydrogens is 518 g/mol. The average Bonchev–Trinajstić information content (AvgIpc) is 3.36. The molecule has 0 radical (unpaired) electrons. The highest BCUT2D eigenvalue weighted by Gasteiger charge is 2.28. The second-order valence-electron chi connectivity index (χ2n) is 9.76. The maximum Gasteiger partial charge on any atom is 0.250 e. The van der Waals surface area contributed by atoms with Crippen molar-refractivity contribution >= 4 is 50.1 Å². The monoisotopic (exact) mass is 549 g/mol. The van der Waals surface area contributed by atoms with Crippen molar-refractivity contribution < 1.29 is 4.79 Å². The number of pyridine rings is 1. The van der Waals surface area contributed by atoms with E-state index in [0.29, 0.717) is 11.9 Å². The average molecular weight is 551 g/mol. The molecule has 0 spiro atoms. The highest BCUT2D eigenvalue weighted by atomic mass is 79.9. The first-order valence-corrected chi connectivity index (χ1v) is 13.2. The molecule has 1 aromatic carbocycles. The Morgan fingerprint density at radius 2 is 1.92 bits per heavy atom. The predicted molar refractivity (Wildman–Crippen MR) is 149 cm³/mol. The Morgan fingerprint density at radius 3 is 2.64 bits per heavy atom. The first-order chi connectivity index (χ1) is 17.4. The summed E-state index contributed by atoms with van der Waals surface area (Å²) in [6.07, 6.45) is 8.05. The van der Waals surface area contributed by atoms with Crippen LogP contribution in [0.15, 0.2) is 53.8 Å². The lowest BCUT2D eigenvalue weighted by Crippen LogP contribution is -2.30. The number of rotatable bonds is 6. The van der Waals surface area contributed by atoms with Gasteiger partial charge in [-0.1, -0.05) is 6.58 Å². The third-order valence-electron chi connectivity index (χ3n) is 7.29. The molecule has 2 saturated heterocycles. The van der Waals surface area contributed by atoms with Gasteiger partial charge in [-0.3, -0.25) is 4.79 Å². The van der Waals surface area contributed by atoms with E-state index in [4.69, 9.17) is 4.98 Å². The summed E-state index contributed by atoms with van der Waals surface area (Å²) in [6.45, 7) is 7.53. The number of carbonyl (C=O) groups excluding carboxylic acids is 1. The van der Waals surface area contributed by atoms with Crippen molar-refractivity contribution in [1.82, 2.24) is 19.9 Å². The molecule has 2 aliphatic rings. The van der Waals surface area contributed by atoms with E-state index in [1.807, 2.05) is 6.07 Å². The van der Waals surface area contributed by atoms with Crippen LogP contribution in [0.4, 0.5) is 17.5 Å². The van der Waals surface area contributed by atoms with Crippen LogP contribution in [0.5, 0.6) is 0 Å². The van der Waals surface area contributed by atoms with Gasteiger partial charge >= 0.3 is 0 Å². The van der Waals surface area contributed by atoms with Crippen molar-refractivity contribution in [3.63, 3.8) is 0 Å². The van der Waals surface area contributed by atoms with Gasteiger partial charge in [0.15, 0.2) is 0 Å². The van der Waals surface area contributed by atoms with Gasteiger partial charge in [0.1, 0.15) is 5.82 Å². The number of likely N-dealkylation sites (tertiary alicyclic amines) is 1. The van der Waals surface area contributed by atoms with Crippen molar-refractivity contribution in [2.75, 3.05) is 55.4 Å². The van der Waals surface area contributed by atoms with E-state index in [2.05, 4.69) is 72.8 Å². The van der Waals surface area contributed by atoms with Gasteiger partial charge in [-0.25, -0.2) is 15.0 Å². The summed E-state index contributed by atoms with van der Waals surface area (Å²) in [6, 6.07) is 8.65. The Labute approximate surface area is 220 Å². The molecule has 2 aliphatic heterocycles. The number of benzene rings is 1. The van der Waals surface area contributed by atoms with E-state index < -0.39 is 0 Å². The smallest absolute Gasteiger partial charge is 0.250 e. The van der Waals surface area contributed by atoms with Gasteiger partial charge in [-0.2, -0.15) is 0 Å². The number of piperidine rings is 1. The molecule has 9 heteroatoms. The minimum atomic E-state index is -0.122. The molecule has 1 atom stereocenters. The first-order valence-electron chi connectivity index (χ1n) is 12.4. The van der Waals surface area contributed by atoms with Crippen LogP contribution >= 0.6 is 15.9 Å². The normalized spacial score (nSPS) is 19.0. The number of hydrogen-bond acceptors (Lipinski definition) is 7. The zero-order valence-corrected chi connectivity index (χ0v) is 22.4. The molecular formula is C27H32BrN7O. The van der Waals surface area contributed by atoms with Gasteiger partial charge < -0.3 is 20.0 Å². The van der Waals surface area contributed by atoms with Crippen molar-refractivity contribution in [1.29, 1.82) is 0 Å². The van der Waals surface area contributed by atoms with E-state index in [0.717, 1.165) is 77.9 Å². The second kappa shape index (κ2) is 10.5. The zero-order chi connectivity index (χ0) is 25.2. The summed E-state index contributed by atoms with van der Waals surface area (Å²) < 4.78 is 0.863. The van der Waals surface area contributed by atoms with E-state index in [1.165, 1.54) is 6.08 Å². The number of nitrogens with zero attached hydrogens (tertiary/aromatic N) is 6. The maximum absolute atomic E-state index is 12.2. The highest BCUT2D eigenvalue weighted by molar-refractivity contribution is 9.10. The third kappa shape index (κ3) is 5.22. The molecule has 1 N–H and O–H groups in total. The zero-order valence-electron chi connectivity index (χ0n) is 20.8. The number of fused-ring (bicyclic) bond motifs is 1. The molecule has 5 rings (SSSR count). The lowest BCUT2D eigenvalue weighted by atomic mass is 9.92. The molecule has 1 amide bonds. The lowest BCUT2D eigenvalue weighted by molar-refractivity contribution is -0.113. The van der Waals surface area contributed by atoms with Crippen LogP contribution in [0.2, 0.25) is 0 Å². The number of halogens is 1. The van der Waals surface area contributed by atoms with Gasteiger partial charge in [-0.15, -0.1) is 0 Å². The van der Waals surface area contributed by atoms with Gasteiger partial charge in [-0.05, 0) is 91.1 Å². The van der Waals surface area contributed by atoms with Gasteiger partial charge in [0.2, 0.25) is 11.9 Å². The lowest BCUT2D eigenvalue weighted by Gasteiger charge is -2.30. The van der Waals surface area contributed by atoms with Crippen LogP contribution in [0.1, 0.15) is 30.9 Å². The standard InChI is InChI=1S/C27H32BrN7O/c1-4-25(36)34(3)22-5-6-23-19(13-22)14-24(18-7-10-33(2)11-8-18)32-26(23)35-12-9-21(17-35)31-27-29-15-20(28)16-30-27/h4-6,13-16,18,21H,1,7-12,17H2,2-3H3,(H,29,30,31)/t21-/m1/s1. The van der Waals surface area contributed by atoms with Crippen LogP contribution in [0.25, 0.3) is 10.8 Å². The van der Waals surface area contributed by atoms with Crippen LogP contribution < -0.4 is 15.1 Å². The Hall–Kier alpha value is -3.04. The molecule has 0 aliphatic carbocycles. The van der Waals surface area contributed by atoms with Crippen LogP contribution in [-0.4, -0.2) is 72.1 Å². The fraction of sp³-hybridized carbons (Fsp3) is 0.407. The van der Waals surface area contributed by atoms with E-state index >= 15 is 0 Å². The fourth-order valence-corrected chi connectivity index (χ4v) is 5.32. The number of likely N-dealkylation sites (N-methyl/N-ethyl adjacent to an activating group) is 1. The SMILES string of the molecule is C=CC(=O)N(C)c1ccc2c(N3CC[C@@H](Nc4ncc(Br)cn4)C3)nc(C3CCN(C)CC3)cc2c1. The summed E-state index contributed by atoms with van der Waals surface area (Å²) in [5.74, 6) is 1.98. The van der Waals surface area contributed by atoms with Crippen molar-refractivity contribution in [2.45, 2.75) is 31.2 Å². The summed E-state index contributed by atoms with van der Waals surface area (Å²) in [5, 5.41) is 5.69. The van der Waals surface area contributed by atoms with Gasteiger partial charge in [0, 0.05) is 61.3 Å². The molecule has 36 heavy (non-hydrogen) atoms. The first kappa shape index (κ1) is 24.6. The minimum absolute atomic E-state index is 0.122. The largest absolute Gasteiger partial charge is 0.354 e. The van der Waals surface area contributed by atoms with Crippen molar-refractivity contribution in [2.24, 2.45) is 0 Å². The van der Waals surface area contributed by atoms with E-state index in [-0.39, 0.29) is 11.9 Å². The molecule has 4 heterocycles. The number of aromatic nitrogens is 3. The topological polar surface area (TPSA) is 77.5 Å². The Morgan fingerprint density at radius 1 is 1.17 bits per heavy atom. The van der Waals surface area contributed by atoms with Crippen molar-refractivity contribution in [3.05, 3.63) is 59.5 Å². The maximum atomic E-state index is 12.2. The molecule has 0 saturated carbocycles. The molecule has 8 nitrogen and oxygen atoms in total. The molecule has 0 bridgehead atoms. The Kier molecular flexibility index (Phi) is 7.20. The number of nitrogens with one attached hydrogen (secondary N) is 1. The number of anilines is 3. The second-order valence-corrected chi connectivity index (χ2v) is 10.7. The summed E-state index contributed by atoms with van der Waals surface area (Å²) in [7, 11) is 3.97. The fourth-order valence-electron chi connectivity index (χ4n) is 5.11. The Bertz CT molecular complexity index is 1260. The number of amides is 1. The molecule has 2 aromatic heterocycles. The highest BCUT2D eigenvalue weighted by Crippen LogP contribution is 2.35.